The Balaban J connectivity index is 1.77. The van der Waals surface area contributed by atoms with E-state index < -0.39 is 8.32 Å². The molecule has 194 valence electrons. The third-order valence-electron chi connectivity index (χ3n) is 7.25. The summed E-state index contributed by atoms with van der Waals surface area (Å²) in [5.74, 6) is 0.791. The second-order valence-corrected chi connectivity index (χ2v) is 15.7. The molecular formula is C30H37N3O3Si. The third-order valence-corrected chi connectivity index (χ3v) is 11.8. The van der Waals surface area contributed by atoms with E-state index in [1.807, 2.05) is 60.7 Å². The van der Waals surface area contributed by atoms with Crippen molar-refractivity contribution in [1.82, 2.24) is 9.55 Å². The first-order chi connectivity index (χ1) is 17.5. The van der Waals surface area contributed by atoms with E-state index in [2.05, 4.69) is 56.7 Å². The second kappa shape index (κ2) is 10.5. The van der Waals surface area contributed by atoms with E-state index in [0.29, 0.717) is 24.1 Å². The van der Waals surface area contributed by atoms with Gasteiger partial charge in [-0.1, -0.05) is 39.0 Å². The van der Waals surface area contributed by atoms with E-state index in [4.69, 9.17) is 9.16 Å². The number of hydrogen-bond acceptors (Lipinski definition) is 5. The fourth-order valence-electron chi connectivity index (χ4n) is 4.07. The molecule has 0 spiro atoms. The molecule has 6 nitrogen and oxygen atoms in total. The minimum atomic E-state index is -1.91. The monoisotopic (exact) mass is 515 g/mol. The normalized spacial score (nSPS) is 12.1. The zero-order valence-electron chi connectivity index (χ0n) is 22.9. The molecule has 3 aromatic carbocycles. The van der Waals surface area contributed by atoms with Crippen LogP contribution in [0.15, 0.2) is 77.9 Å². The Bertz CT molecular complexity index is 1440. The average molecular weight is 516 g/mol. The van der Waals surface area contributed by atoms with Gasteiger partial charge in [-0.15, -0.1) is 0 Å². The molecule has 4 rings (SSSR count). The number of hydrogen-bond donors (Lipinski definition) is 0. The molecule has 0 bridgehead atoms. The maximum Gasteiger partial charge on any atom is 0.265 e. The summed E-state index contributed by atoms with van der Waals surface area (Å²) in [6, 6.07) is 21.6. The Labute approximate surface area is 220 Å². The summed E-state index contributed by atoms with van der Waals surface area (Å²) >= 11 is 0. The van der Waals surface area contributed by atoms with Crippen molar-refractivity contribution in [2.75, 3.05) is 25.2 Å². The molecule has 0 fully saturated rings. The highest BCUT2D eigenvalue weighted by atomic mass is 28.4. The summed E-state index contributed by atoms with van der Waals surface area (Å²) in [7, 11) is -0.237. The highest BCUT2D eigenvalue weighted by Gasteiger charge is 2.37. The fourth-order valence-corrected chi connectivity index (χ4v) is 5.10. The lowest BCUT2D eigenvalue weighted by atomic mass is 10.1. The second-order valence-electron chi connectivity index (χ2n) is 10.9. The average Bonchev–Trinajstić information content (AvgIpc) is 2.86. The van der Waals surface area contributed by atoms with E-state index in [1.165, 1.54) is 0 Å². The number of nitrogens with zero attached hydrogens (tertiary/aromatic N) is 3. The number of ether oxygens (including phenoxy) is 1. The molecular weight excluding hydrogens is 478 g/mol. The Morgan fingerprint density at radius 2 is 1.70 bits per heavy atom. The first kappa shape index (κ1) is 26.6. The van der Waals surface area contributed by atoms with E-state index >= 15 is 0 Å². The Morgan fingerprint density at radius 1 is 0.973 bits per heavy atom. The molecule has 0 aliphatic rings. The molecule has 0 radical (unpaired) electrons. The van der Waals surface area contributed by atoms with E-state index in [-0.39, 0.29) is 10.6 Å². The van der Waals surface area contributed by atoms with Crippen molar-refractivity contribution in [3.8, 4) is 11.4 Å². The van der Waals surface area contributed by atoms with Gasteiger partial charge in [-0.3, -0.25) is 9.36 Å². The summed E-state index contributed by atoms with van der Waals surface area (Å²) in [6.45, 7) is 14.5. The van der Waals surface area contributed by atoms with Crippen molar-refractivity contribution < 1.29 is 9.16 Å². The molecule has 0 atom stereocenters. The lowest BCUT2D eigenvalue weighted by molar-refractivity contribution is 0.297. The van der Waals surface area contributed by atoms with E-state index in [1.54, 1.807) is 18.0 Å². The van der Waals surface area contributed by atoms with E-state index in [0.717, 1.165) is 28.4 Å². The van der Waals surface area contributed by atoms with Crippen molar-refractivity contribution in [3.05, 3.63) is 89.0 Å². The predicted octanol–water partition coefficient (Wildman–Crippen LogP) is 6.86. The van der Waals surface area contributed by atoms with Gasteiger partial charge in [0.25, 0.3) is 5.56 Å². The molecule has 4 aromatic rings. The highest BCUT2D eigenvalue weighted by Crippen LogP contribution is 2.37. The predicted molar refractivity (Wildman–Crippen MR) is 155 cm³/mol. The lowest BCUT2D eigenvalue weighted by Gasteiger charge is -2.37. The number of anilines is 2. The van der Waals surface area contributed by atoms with Crippen LogP contribution in [0.2, 0.25) is 18.1 Å². The van der Waals surface area contributed by atoms with Crippen LogP contribution in [0.3, 0.4) is 0 Å². The number of para-hydroxylation sites is 1. The molecule has 0 unspecified atom stereocenters. The van der Waals surface area contributed by atoms with Crippen molar-refractivity contribution in [2.45, 2.75) is 45.8 Å². The minimum Gasteiger partial charge on any atom is -0.497 e. The molecule has 0 aliphatic heterocycles. The fraction of sp³-hybridized carbons (Fsp3) is 0.333. The van der Waals surface area contributed by atoms with Gasteiger partial charge in [-0.2, -0.15) is 0 Å². The van der Waals surface area contributed by atoms with Crippen molar-refractivity contribution in [1.29, 1.82) is 0 Å². The van der Waals surface area contributed by atoms with Crippen LogP contribution in [0.5, 0.6) is 5.75 Å². The van der Waals surface area contributed by atoms with Crippen LogP contribution in [0.1, 0.15) is 26.3 Å². The summed E-state index contributed by atoms with van der Waals surface area (Å²) in [6.07, 6.45) is 1.59. The van der Waals surface area contributed by atoms with Gasteiger partial charge < -0.3 is 14.1 Å². The summed E-state index contributed by atoms with van der Waals surface area (Å²) in [5.41, 5.74) is 4.34. The van der Waals surface area contributed by atoms with Crippen LogP contribution in [0, 0.1) is 6.92 Å². The van der Waals surface area contributed by atoms with Gasteiger partial charge >= 0.3 is 0 Å². The van der Waals surface area contributed by atoms with Gasteiger partial charge in [0, 0.05) is 24.0 Å². The van der Waals surface area contributed by atoms with Crippen LogP contribution in [-0.4, -0.2) is 38.1 Å². The van der Waals surface area contributed by atoms with Crippen molar-refractivity contribution in [2.24, 2.45) is 0 Å². The zero-order valence-corrected chi connectivity index (χ0v) is 23.9. The number of rotatable bonds is 8. The molecule has 7 heteroatoms. The van der Waals surface area contributed by atoms with Gasteiger partial charge in [0.2, 0.25) is 0 Å². The van der Waals surface area contributed by atoms with Gasteiger partial charge in [0.15, 0.2) is 8.32 Å². The van der Waals surface area contributed by atoms with Crippen LogP contribution in [0.4, 0.5) is 11.4 Å². The topological polar surface area (TPSA) is 56.6 Å². The maximum atomic E-state index is 13.5. The maximum absolute atomic E-state index is 13.5. The first-order valence-corrected chi connectivity index (χ1v) is 15.5. The Hall–Kier alpha value is -3.42. The standard InChI is InChI=1S/C30H37N3O3Si/c1-22-17-25(19-26(18-22)35-5)32(15-16-36-37(6,7)30(2,3)4)24-13-14-28-27(20-24)29(34)33(21-31-28)23-11-9-8-10-12-23/h8-14,17-21H,15-16H2,1-7H3. The molecule has 1 heterocycles. The van der Waals surface area contributed by atoms with Gasteiger partial charge in [-0.25, -0.2) is 4.98 Å². The first-order valence-electron chi connectivity index (χ1n) is 12.6. The molecule has 0 aliphatic carbocycles. The van der Waals surface area contributed by atoms with Crippen LogP contribution < -0.4 is 15.2 Å². The molecule has 37 heavy (non-hydrogen) atoms. The van der Waals surface area contributed by atoms with Crippen molar-refractivity contribution >= 4 is 30.6 Å². The van der Waals surface area contributed by atoms with Gasteiger partial charge in [0.1, 0.15) is 12.1 Å². The highest BCUT2D eigenvalue weighted by molar-refractivity contribution is 6.74. The molecule has 0 saturated carbocycles. The van der Waals surface area contributed by atoms with Crippen molar-refractivity contribution in [3.63, 3.8) is 0 Å². The Morgan fingerprint density at radius 3 is 2.38 bits per heavy atom. The minimum absolute atomic E-state index is 0.0997. The number of aromatic nitrogens is 2. The molecule has 0 amide bonds. The molecule has 1 aromatic heterocycles. The van der Waals surface area contributed by atoms with Crippen LogP contribution in [-0.2, 0) is 4.43 Å². The zero-order chi connectivity index (χ0) is 26.8. The summed E-state index contributed by atoms with van der Waals surface area (Å²) in [4.78, 5) is 20.3. The molecule has 0 saturated heterocycles. The third kappa shape index (κ3) is 5.78. The van der Waals surface area contributed by atoms with Crippen LogP contribution in [0.25, 0.3) is 16.6 Å². The SMILES string of the molecule is COc1cc(C)cc(N(CCO[Si](C)(C)C(C)(C)C)c2ccc3ncn(-c4ccccc4)c(=O)c3c2)c1. The summed E-state index contributed by atoms with van der Waals surface area (Å²) in [5, 5.41) is 0.695. The number of aryl methyl sites for hydroxylation is 1. The Kier molecular flexibility index (Phi) is 7.57. The van der Waals surface area contributed by atoms with Gasteiger partial charge in [0.05, 0.1) is 30.3 Å². The molecule has 0 N–H and O–H groups in total. The smallest absolute Gasteiger partial charge is 0.265 e. The van der Waals surface area contributed by atoms with Gasteiger partial charge in [-0.05, 0) is 73.1 Å². The number of methoxy groups -OCH3 is 1. The lowest BCUT2D eigenvalue weighted by Crippen LogP contribution is -2.42. The largest absolute Gasteiger partial charge is 0.497 e. The summed E-state index contributed by atoms with van der Waals surface area (Å²) < 4.78 is 13.7. The van der Waals surface area contributed by atoms with Crippen LogP contribution >= 0.6 is 0 Å². The van der Waals surface area contributed by atoms with E-state index in [9.17, 15) is 4.79 Å². The quantitative estimate of drug-likeness (QED) is 0.240. The number of benzene rings is 3. The number of fused-ring (bicyclic) bond motifs is 1.